The normalized spacial score (nSPS) is 11.6. The molecule has 0 aliphatic heterocycles. The number of hydrogen-bond donors (Lipinski definition) is 3. The molecule has 0 bridgehead atoms. The van der Waals surface area contributed by atoms with Gasteiger partial charge < -0.3 is 20.6 Å². The number of aliphatic hydroxyl groups is 1. The van der Waals surface area contributed by atoms with E-state index in [-0.39, 0.29) is 17.7 Å². The zero-order valence-electron chi connectivity index (χ0n) is 13.0. The third-order valence-corrected chi connectivity index (χ3v) is 2.20. The Balaban J connectivity index is 0. The number of aliphatic hydroxyl groups excluding tert-OH is 1. The third kappa shape index (κ3) is 10.5. The van der Waals surface area contributed by atoms with Gasteiger partial charge in [0.05, 0.1) is 6.61 Å². The molecular weight excluding hydrogens is 246 g/mol. The van der Waals surface area contributed by atoms with Gasteiger partial charge in [0, 0.05) is 19.0 Å². The molecule has 19 heavy (non-hydrogen) atoms. The first-order valence-electron chi connectivity index (χ1n) is 6.72. The first kappa shape index (κ1) is 20.2. The van der Waals surface area contributed by atoms with E-state index in [0.717, 1.165) is 0 Å². The molecule has 0 aromatic carbocycles. The lowest BCUT2D eigenvalue weighted by Crippen LogP contribution is -2.50. The van der Waals surface area contributed by atoms with Crippen LogP contribution < -0.4 is 10.6 Å². The number of hydrogen-bond acceptors (Lipinski definition) is 4. The molecule has 0 aromatic rings. The first-order valence-corrected chi connectivity index (χ1v) is 6.72. The Kier molecular flexibility index (Phi) is 12.7. The number of carbonyl (C=O) groups is 2. The van der Waals surface area contributed by atoms with E-state index < -0.39 is 12.6 Å². The summed E-state index contributed by atoms with van der Waals surface area (Å²) in [5, 5.41) is 14.2. The van der Waals surface area contributed by atoms with Crippen molar-refractivity contribution in [2.24, 2.45) is 5.92 Å². The Morgan fingerprint density at radius 1 is 1.16 bits per heavy atom. The van der Waals surface area contributed by atoms with Crippen LogP contribution in [0.25, 0.3) is 0 Å². The van der Waals surface area contributed by atoms with Crippen molar-refractivity contribution in [2.75, 3.05) is 33.8 Å². The van der Waals surface area contributed by atoms with Gasteiger partial charge >= 0.3 is 0 Å². The Bertz CT molecular complexity index is 256. The zero-order chi connectivity index (χ0) is 15.4. The van der Waals surface area contributed by atoms with E-state index in [1.54, 1.807) is 13.8 Å². The summed E-state index contributed by atoms with van der Waals surface area (Å²) in [7, 11) is 3.80. The molecule has 6 heteroatoms. The van der Waals surface area contributed by atoms with Crippen LogP contribution in [-0.4, -0.2) is 61.7 Å². The average Bonchev–Trinajstić information content (AvgIpc) is 2.37. The van der Waals surface area contributed by atoms with Gasteiger partial charge in [-0.25, -0.2) is 0 Å². The Morgan fingerprint density at radius 3 is 2.05 bits per heavy atom. The highest BCUT2D eigenvalue weighted by atomic mass is 16.3. The van der Waals surface area contributed by atoms with Crippen molar-refractivity contribution in [1.29, 1.82) is 0 Å². The molecule has 6 nitrogen and oxygen atoms in total. The predicted molar refractivity (Wildman–Crippen MR) is 76.8 cm³/mol. The van der Waals surface area contributed by atoms with Crippen LogP contribution in [0.15, 0.2) is 0 Å². The molecular formula is C13H29N3O3. The third-order valence-electron chi connectivity index (χ3n) is 2.20. The van der Waals surface area contributed by atoms with Gasteiger partial charge in [0.25, 0.3) is 0 Å². The smallest absolute Gasteiger partial charge is 0.245 e. The molecule has 3 N–H and O–H groups in total. The SMILES string of the molecule is CC.CC(C)C(=O)NC(CO)C(=O)NCCN(C)C. The van der Waals surface area contributed by atoms with Gasteiger partial charge in [-0.15, -0.1) is 0 Å². The molecule has 0 aliphatic rings. The van der Waals surface area contributed by atoms with Crippen molar-refractivity contribution >= 4 is 11.8 Å². The van der Waals surface area contributed by atoms with Crippen LogP contribution in [0.4, 0.5) is 0 Å². The molecule has 0 aromatic heterocycles. The highest BCUT2D eigenvalue weighted by Gasteiger charge is 2.20. The van der Waals surface area contributed by atoms with Gasteiger partial charge in [0.1, 0.15) is 6.04 Å². The summed E-state index contributed by atoms with van der Waals surface area (Å²) in [4.78, 5) is 24.9. The second-order valence-electron chi connectivity index (χ2n) is 4.49. The fourth-order valence-electron chi connectivity index (χ4n) is 1.06. The summed E-state index contributed by atoms with van der Waals surface area (Å²) >= 11 is 0. The summed E-state index contributed by atoms with van der Waals surface area (Å²) in [6, 6.07) is -0.868. The molecule has 0 saturated heterocycles. The van der Waals surface area contributed by atoms with Gasteiger partial charge in [0.2, 0.25) is 11.8 Å². The van der Waals surface area contributed by atoms with Crippen LogP contribution in [0.2, 0.25) is 0 Å². The highest BCUT2D eigenvalue weighted by molar-refractivity contribution is 5.88. The predicted octanol–water partition coefficient (Wildman–Crippen LogP) is -0.176. The van der Waals surface area contributed by atoms with Crippen LogP contribution in [0.5, 0.6) is 0 Å². The number of carbonyl (C=O) groups excluding carboxylic acids is 2. The van der Waals surface area contributed by atoms with Crippen LogP contribution in [0.3, 0.4) is 0 Å². The maximum absolute atomic E-state index is 11.6. The fourth-order valence-corrected chi connectivity index (χ4v) is 1.06. The van der Waals surface area contributed by atoms with Crippen molar-refractivity contribution in [3.8, 4) is 0 Å². The van der Waals surface area contributed by atoms with Gasteiger partial charge in [-0.2, -0.15) is 0 Å². The van der Waals surface area contributed by atoms with Gasteiger partial charge in [0.15, 0.2) is 0 Å². The van der Waals surface area contributed by atoms with Crippen molar-refractivity contribution < 1.29 is 14.7 Å². The van der Waals surface area contributed by atoms with E-state index in [2.05, 4.69) is 10.6 Å². The van der Waals surface area contributed by atoms with E-state index in [1.807, 2.05) is 32.8 Å². The summed E-state index contributed by atoms with van der Waals surface area (Å²) in [6.07, 6.45) is 0. The van der Waals surface area contributed by atoms with E-state index in [9.17, 15) is 9.59 Å². The number of nitrogens with zero attached hydrogens (tertiary/aromatic N) is 1. The van der Waals surface area contributed by atoms with Crippen LogP contribution >= 0.6 is 0 Å². The maximum Gasteiger partial charge on any atom is 0.245 e. The molecule has 1 unspecified atom stereocenters. The molecule has 0 aliphatic carbocycles. The lowest BCUT2D eigenvalue weighted by atomic mass is 10.2. The van der Waals surface area contributed by atoms with Gasteiger partial charge in [-0.1, -0.05) is 27.7 Å². The quantitative estimate of drug-likeness (QED) is 0.602. The zero-order valence-corrected chi connectivity index (χ0v) is 13.0. The van der Waals surface area contributed by atoms with Crippen LogP contribution in [-0.2, 0) is 9.59 Å². The molecule has 0 heterocycles. The van der Waals surface area contributed by atoms with Crippen LogP contribution in [0, 0.1) is 5.92 Å². The van der Waals surface area contributed by atoms with Crippen molar-refractivity contribution in [2.45, 2.75) is 33.7 Å². The van der Waals surface area contributed by atoms with E-state index in [0.29, 0.717) is 13.1 Å². The molecule has 114 valence electrons. The van der Waals surface area contributed by atoms with Crippen molar-refractivity contribution in [1.82, 2.24) is 15.5 Å². The number of rotatable bonds is 7. The minimum atomic E-state index is -0.868. The maximum atomic E-state index is 11.6. The molecule has 0 rings (SSSR count). The summed E-state index contributed by atoms with van der Waals surface area (Å²) in [5.41, 5.74) is 0. The van der Waals surface area contributed by atoms with E-state index in [1.165, 1.54) is 0 Å². The first-order chi connectivity index (χ1) is 8.88. The Labute approximate surface area is 116 Å². The lowest BCUT2D eigenvalue weighted by Gasteiger charge is -2.18. The minimum Gasteiger partial charge on any atom is -0.394 e. The largest absolute Gasteiger partial charge is 0.394 e. The lowest BCUT2D eigenvalue weighted by molar-refractivity contribution is -0.131. The molecule has 2 amide bonds. The monoisotopic (exact) mass is 275 g/mol. The topological polar surface area (TPSA) is 81.7 Å². The molecule has 0 fully saturated rings. The fraction of sp³-hybridized carbons (Fsp3) is 0.846. The van der Waals surface area contributed by atoms with Gasteiger partial charge in [-0.05, 0) is 14.1 Å². The number of nitrogens with one attached hydrogen (secondary N) is 2. The summed E-state index contributed by atoms with van der Waals surface area (Å²) in [5.74, 6) is -0.811. The standard InChI is InChI=1S/C11H23N3O3.C2H6/c1-8(2)10(16)13-9(7-15)11(17)12-5-6-14(3)4;1-2/h8-9,15H,5-7H2,1-4H3,(H,12,17)(H,13,16);1-2H3. The Morgan fingerprint density at radius 2 is 1.68 bits per heavy atom. The van der Waals surface area contributed by atoms with E-state index in [4.69, 9.17) is 5.11 Å². The second-order valence-corrected chi connectivity index (χ2v) is 4.49. The number of likely N-dealkylation sites (N-methyl/N-ethyl adjacent to an activating group) is 1. The Hall–Kier alpha value is -1.14. The van der Waals surface area contributed by atoms with E-state index >= 15 is 0 Å². The van der Waals surface area contributed by atoms with Crippen molar-refractivity contribution in [3.63, 3.8) is 0 Å². The van der Waals surface area contributed by atoms with Crippen molar-refractivity contribution in [3.05, 3.63) is 0 Å². The highest BCUT2D eigenvalue weighted by Crippen LogP contribution is 1.93. The second kappa shape index (κ2) is 11.9. The summed E-state index contributed by atoms with van der Waals surface area (Å²) in [6.45, 7) is 8.26. The van der Waals surface area contributed by atoms with Crippen LogP contribution in [0.1, 0.15) is 27.7 Å². The molecule has 0 radical (unpaired) electrons. The number of amides is 2. The summed E-state index contributed by atoms with van der Waals surface area (Å²) < 4.78 is 0. The minimum absolute atomic E-state index is 0.210. The van der Waals surface area contributed by atoms with Gasteiger partial charge in [-0.3, -0.25) is 9.59 Å². The molecule has 0 spiro atoms. The molecule has 1 atom stereocenters. The molecule has 0 saturated carbocycles. The average molecular weight is 275 g/mol.